The van der Waals surface area contributed by atoms with E-state index in [0.717, 1.165) is 6.42 Å². The van der Waals surface area contributed by atoms with Crippen LogP contribution in [0.25, 0.3) is 0 Å². The highest BCUT2D eigenvalue weighted by Gasteiger charge is 2.32. The predicted molar refractivity (Wildman–Crippen MR) is 71.6 cm³/mol. The van der Waals surface area contributed by atoms with Crippen LogP contribution in [0.4, 0.5) is 0 Å². The van der Waals surface area contributed by atoms with E-state index in [-0.39, 0.29) is 23.3 Å². The molecule has 0 bridgehead atoms. The molecule has 8 heteroatoms. The summed E-state index contributed by atoms with van der Waals surface area (Å²) in [7, 11) is -3.00. The first-order chi connectivity index (χ1) is 8.96. The normalized spacial score (nSPS) is 21.4. The number of sulfone groups is 1. The Hall–Kier alpha value is -1.08. The summed E-state index contributed by atoms with van der Waals surface area (Å²) in [5.74, 6) is -0.450. The van der Waals surface area contributed by atoms with Crippen molar-refractivity contribution in [2.75, 3.05) is 18.1 Å². The SMILES string of the molecule is O=C(NCCCn1cc(Cl)cn1)[C@H]1CCS(=O)(=O)C1. The van der Waals surface area contributed by atoms with Crippen LogP contribution < -0.4 is 5.32 Å². The molecule has 106 valence electrons. The van der Waals surface area contributed by atoms with Gasteiger partial charge in [0.2, 0.25) is 5.91 Å². The van der Waals surface area contributed by atoms with Gasteiger partial charge in [0, 0.05) is 19.3 Å². The van der Waals surface area contributed by atoms with Crippen molar-refractivity contribution in [2.24, 2.45) is 5.92 Å². The highest BCUT2D eigenvalue weighted by atomic mass is 35.5. The summed E-state index contributed by atoms with van der Waals surface area (Å²) in [5, 5.41) is 7.37. The van der Waals surface area contributed by atoms with Gasteiger partial charge in [-0.05, 0) is 12.8 Å². The number of nitrogens with zero attached hydrogens (tertiary/aromatic N) is 2. The zero-order valence-corrected chi connectivity index (χ0v) is 12.0. The van der Waals surface area contributed by atoms with Crippen LogP contribution in [0.15, 0.2) is 12.4 Å². The topological polar surface area (TPSA) is 81.1 Å². The minimum atomic E-state index is -3.00. The first-order valence-electron chi connectivity index (χ1n) is 6.12. The van der Waals surface area contributed by atoms with E-state index in [9.17, 15) is 13.2 Å². The lowest BCUT2D eigenvalue weighted by molar-refractivity contribution is -0.124. The molecule has 2 heterocycles. The van der Waals surface area contributed by atoms with Crippen LogP contribution in [0, 0.1) is 5.92 Å². The zero-order chi connectivity index (χ0) is 13.9. The van der Waals surface area contributed by atoms with Gasteiger partial charge in [0.25, 0.3) is 0 Å². The second-order valence-electron chi connectivity index (χ2n) is 4.67. The molecule has 1 aromatic rings. The molecule has 0 aliphatic carbocycles. The molecule has 0 unspecified atom stereocenters. The van der Waals surface area contributed by atoms with Gasteiger partial charge in [-0.25, -0.2) is 8.42 Å². The van der Waals surface area contributed by atoms with Crippen molar-refractivity contribution in [3.63, 3.8) is 0 Å². The zero-order valence-electron chi connectivity index (χ0n) is 10.4. The fraction of sp³-hybridized carbons (Fsp3) is 0.636. The maximum atomic E-state index is 11.7. The predicted octanol–water partition coefficient (Wildman–Crippen LogP) is 0.477. The third kappa shape index (κ3) is 4.21. The van der Waals surface area contributed by atoms with E-state index in [2.05, 4.69) is 10.4 Å². The maximum Gasteiger partial charge on any atom is 0.224 e. The summed E-state index contributed by atoms with van der Waals surface area (Å²) in [6.07, 6.45) is 4.43. The summed E-state index contributed by atoms with van der Waals surface area (Å²) < 4.78 is 24.2. The van der Waals surface area contributed by atoms with E-state index in [1.54, 1.807) is 17.1 Å². The average Bonchev–Trinajstić information content (AvgIpc) is 2.90. The van der Waals surface area contributed by atoms with Crippen molar-refractivity contribution in [1.82, 2.24) is 15.1 Å². The second-order valence-corrected chi connectivity index (χ2v) is 7.33. The Morgan fingerprint density at radius 1 is 1.58 bits per heavy atom. The molecule has 1 saturated heterocycles. The fourth-order valence-corrected chi connectivity index (χ4v) is 3.96. The van der Waals surface area contributed by atoms with Gasteiger partial charge in [0.15, 0.2) is 9.84 Å². The molecule has 1 N–H and O–H groups in total. The molecular weight excluding hydrogens is 290 g/mol. The van der Waals surface area contributed by atoms with Gasteiger partial charge < -0.3 is 5.32 Å². The van der Waals surface area contributed by atoms with E-state index in [0.29, 0.717) is 24.5 Å². The van der Waals surface area contributed by atoms with Gasteiger partial charge >= 0.3 is 0 Å². The van der Waals surface area contributed by atoms with E-state index >= 15 is 0 Å². The van der Waals surface area contributed by atoms with E-state index in [1.165, 1.54) is 0 Å². The third-order valence-corrected chi connectivity index (χ3v) is 5.03. The van der Waals surface area contributed by atoms with Crippen LogP contribution >= 0.6 is 11.6 Å². The van der Waals surface area contributed by atoms with Gasteiger partial charge in [0.1, 0.15) is 0 Å². The molecule has 19 heavy (non-hydrogen) atoms. The molecule has 0 radical (unpaired) electrons. The minimum absolute atomic E-state index is 0.0202. The number of hydrogen-bond acceptors (Lipinski definition) is 4. The molecule has 0 aromatic carbocycles. The fourth-order valence-electron chi connectivity index (χ4n) is 2.06. The van der Waals surface area contributed by atoms with Crippen LogP contribution in [0.3, 0.4) is 0 Å². The summed E-state index contributed by atoms with van der Waals surface area (Å²) in [4.78, 5) is 11.7. The Morgan fingerprint density at radius 3 is 2.95 bits per heavy atom. The Labute approximate surface area is 117 Å². The Kier molecular flexibility index (Phi) is 4.46. The number of nitrogens with one attached hydrogen (secondary N) is 1. The molecule has 2 rings (SSSR count). The number of carbonyl (C=O) groups excluding carboxylic acids is 1. The van der Waals surface area contributed by atoms with E-state index in [4.69, 9.17) is 11.6 Å². The largest absolute Gasteiger partial charge is 0.356 e. The Bertz CT molecular complexity index is 555. The first kappa shape index (κ1) is 14.3. The van der Waals surface area contributed by atoms with Gasteiger partial charge in [0.05, 0.1) is 28.6 Å². The van der Waals surface area contributed by atoms with Crippen LogP contribution in [0.1, 0.15) is 12.8 Å². The van der Waals surface area contributed by atoms with Crippen molar-refractivity contribution < 1.29 is 13.2 Å². The molecule has 1 amide bonds. The Balaban J connectivity index is 1.67. The van der Waals surface area contributed by atoms with Gasteiger partial charge in [-0.2, -0.15) is 5.10 Å². The molecule has 1 atom stereocenters. The lowest BCUT2D eigenvalue weighted by atomic mass is 10.1. The van der Waals surface area contributed by atoms with Crippen LogP contribution in [0.5, 0.6) is 0 Å². The molecule has 1 fully saturated rings. The summed E-state index contributed by atoms with van der Waals surface area (Å²) in [5.41, 5.74) is 0. The van der Waals surface area contributed by atoms with Gasteiger partial charge in [-0.15, -0.1) is 0 Å². The number of aryl methyl sites for hydroxylation is 1. The minimum Gasteiger partial charge on any atom is -0.356 e. The van der Waals surface area contributed by atoms with Crippen molar-refractivity contribution >= 4 is 27.3 Å². The highest BCUT2D eigenvalue weighted by molar-refractivity contribution is 7.91. The van der Waals surface area contributed by atoms with Crippen molar-refractivity contribution in [3.8, 4) is 0 Å². The number of hydrogen-bond donors (Lipinski definition) is 1. The summed E-state index contributed by atoms with van der Waals surface area (Å²) in [6, 6.07) is 0. The third-order valence-electron chi connectivity index (χ3n) is 3.07. The van der Waals surface area contributed by atoms with E-state index < -0.39 is 9.84 Å². The average molecular weight is 306 g/mol. The molecule has 0 saturated carbocycles. The second kappa shape index (κ2) is 5.92. The maximum absolute atomic E-state index is 11.7. The number of carbonyl (C=O) groups is 1. The van der Waals surface area contributed by atoms with Gasteiger partial charge in [-0.3, -0.25) is 9.48 Å². The highest BCUT2D eigenvalue weighted by Crippen LogP contribution is 2.18. The Morgan fingerprint density at radius 2 is 2.37 bits per heavy atom. The standard InChI is InChI=1S/C11H16ClN3O3S/c12-10-6-14-15(7-10)4-1-3-13-11(16)9-2-5-19(17,18)8-9/h6-7,9H,1-5,8H2,(H,13,16)/t9-/m0/s1. The summed E-state index contributed by atoms with van der Waals surface area (Å²) >= 11 is 5.73. The van der Waals surface area contributed by atoms with Crippen molar-refractivity contribution in [1.29, 1.82) is 0 Å². The van der Waals surface area contributed by atoms with Crippen LogP contribution in [-0.4, -0.2) is 42.2 Å². The van der Waals surface area contributed by atoms with Crippen LogP contribution in [-0.2, 0) is 21.2 Å². The van der Waals surface area contributed by atoms with Gasteiger partial charge in [-0.1, -0.05) is 11.6 Å². The molecule has 0 spiro atoms. The number of halogens is 1. The lowest BCUT2D eigenvalue weighted by Gasteiger charge is -2.09. The number of rotatable bonds is 5. The van der Waals surface area contributed by atoms with Crippen molar-refractivity contribution in [2.45, 2.75) is 19.4 Å². The van der Waals surface area contributed by atoms with Crippen LogP contribution in [0.2, 0.25) is 5.02 Å². The quantitative estimate of drug-likeness (QED) is 0.802. The van der Waals surface area contributed by atoms with Crippen molar-refractivity contribution in [3.05, 3.63) is 17.4 Å². The van der Waals surface area contributed by atoms with E-state index in [1.807, 2.05) is 0 Å². The molecule has 6 nitrogen and oxygen atoms in total. The molecular formula is C11H16ClN3O3S. The summed E-state index contributed by atoms with van der Waals surface area (Å²) in [6.45, 7) is 1.17. The smallest absolute Gasteiger partial charge is 0.224 e. The number of amides is 1. The molecule has 1 aromatic heterocycles. The number of aromatic nitrogens is 2. The monoisotopic (exact) mass is 305 g/mol. The lowest BCUT2D eigenvalue weighted by Crippen LogP contribution is -2.32. The molecule has 1 aliphatic rings. The first-order valence-corrected chi connectivity index (χ1v) is 8.32. The molecule has 1 aliphatic heterocycles.